The van der Waals surface area contributed by atoms with Crippen LogP contribution in [0.25, 0.3) is 0 Å². The highest BCUT2D eigenvalue weighted by Crippen LogP contribution is 2.43. The maximum Gasteiger partial charge on any atom is 0.0483 e. The van der Waals surface area contributed by atoms with E-state index >= 15 is 0 Å². The van der Waals surface area contributed by atoms with Gasteiger partial charge in [-0.25, -0.2) is 0 Å². The zero-order valence-corrected chi connectivity index (χ0v) is 4.30. The number of hydrogen-bond acceptors (Lipinski definition) is 3. The summed E-state index contributed by atoms with van der Waals surface area (Å²) in [6.07, 6.45) is 2.88. The van der Waals surface area contributed by atoms with Crippen molar-refractivity contribution in [3.05, 3.63) is 11.5 Å². The molecule has 0 bridgehead atoms. The van der Waals surface area contributed by atoms with Crippen LogP contribution in [0, 0.1) is 0 Å². The maximum atomic E-state index is 8.55. The van der Waals surface area contributed by atoms with Gasteiger partial charge in [0.2, 0.25) is 0 Å². The second kappa shape index (κ2) is 1.33. The second-order valence-corrected chi connectivity index (χ2v) is 2.75. The van der Waals surface area contributed by atoms with Crippen LogP contribution in [0.3, 0.4) is 0 Å². The van der Waals surface area contributed by atoms with Crippen LogP contribution >= 0.6 is 10.8 Å². The van der Waals surface area contributed by atoms with Crippen molar-refractivity contribution >= 4 is 17.0 Å². The van der Waals surface area contributed by atoms with Crippen LogP contribution in [0.15, 0.2) is 15.9 Å². The normalized spacial score (nSPS) is 28.3. The summed E-state index contributed by atoms with van der Waals surface area (Å²) in [5, 5.41) is 1.27. The average molecular weight is 119 g/mol. The molecule has 7 heavy (non-hydrogen) atoms. The molecule has 0 amide bonds. The summed E-state index contributed by atoms with van der Waals surface area (Å²) >= 11 is 0. The molecule has 1 rings (SSSR count). The van der Waals surface area contributed by atoms with Gasteiger partial charge in [-0.05, 0) is 6.08 Å². The monoisotopic (exact) mass is 119 g/mol. The van der Waals surface area contributed by atoms with Crippen molar-refractivity contribution in [3.63, 3.8) is 0 Å². The predicted octanol–water partition coefficient (Wildman–Crippen LogP) is 1.25. The van der Waals surface area contributed by atoms with Crippen molar-refractivity contribution in [1.29, 1.82) is 0 Å². The van der Waals surface area contributed by atoms with Crippen molar-refractivity contribution in [3.8, 4) is 0 Å². The zero-order valence-electron chi connectivity index (χ0n) is 3.48. The molecule has 0 unspecified atom stereocenters. The van der Waals surface area contributed by atoms with Gasteiger partial charge in [-0.1, -0.05) is 10.8 Å². The first-order chi connectivity index (χ1) is 3.21. The molecule has 0 saturated heterocycles. The van der Waals surface area contributed by atoms with Crippen LogP contribution in [0.5, 0.6) is 0 Å². The fraction of sp³-hybridized carbons (Fsp3) is 0. The van der Waals surface area contributed by atoms with E-state index in [1.807, 2.05) is 0 Å². The Morgan fingerprint density at radius 2 is 2.14 bits per heavy atom. The van der Waals surface area contributed by atoms with Gasteiger partial charge in [-0.15, -0.1) is 0 Å². The highest BCUT2D eigenvalue weighted by atomic mass is 32.3. The summed E-state index contributed by atoms with van der Waals surface area (Å²) < 4.78 is 20.4. The van der Waals surface area contributed by atoms with Gasteiger partial charge < -0.3 is 0 Å². The van der Waals surface area contributed by atoms with Gasteiger partial charge in [-0.2, -0.15) is 4.40 Å². The zero-order chi connectivity index (χ0) is 5.33. The summed E-state index contributed by atoms with van der Waals surface area (Å²) in [6, 6.07) is 0. The Kier molecular flexibility index (Phi) is 0.916. The van der Waals surface area contributed by atoms with Gasteiger partial charge in [0, 0.05) is 11.6 Å². The van der Waals surface area contributed by atoms with Gasteiger partial charge in [0.15, 0.2) is 0 Å². The first-order valence-electron chi connectivity index (χ1n) is 1.71. The molecule has 0 radical (unpaired) electrons. The molecular weight excluding hydrogens is 114 g/mol. The number of hydrogen-bond donors (Lipinski definition) is 2. The molecule has 0 fully saturated rings. The van der Waals surface area contributed by atoms with E-state index in [0.717, 1.165) is 0 Å². The first kappa shape index (κ1) is 4.83. The van der Waals surface area contributed by atoms with Crippen molar-refractivity contribution in [2.24, 2.45) is 4.40 Å². The smallest absolute Gasteiger partial charge is 0.0483 e. The van der Waals surface area contributed by atoms with Gasteiger partial charge in [-0.3, -0.25) is 9.11 Å². The van der Waals surface area contributed by atoms with E-state index in [-0.39, 0.29) is 0 Å². The number of allylic oxidation sites excluding steroid dienone is 1. The third kappa shape index (κ3) is 1.02. The topological polar surface area (TPSA) is 52.8 Å². The van der Waals surface area contributed by atoms with Crippen LogP contribution in [-0.2, 0) is 0 Å². The number of rotatable bonds is 0. The Balaban J connectivity index is 2.77. The van der Waals surface area contributed by atoms with Crippen molar-refractivity contribution in [1.82, 2.24) is 0 Å². The molecule has 0 aromatic rings. The van der Waals surface area contributed by atoms with Gasteiger partial charge in [0.05, 0.1) is 0 Å². The van der Waals surface area contributed by atoms with Crippen LogP contribution in [0.1, 0.15) is 0 Å². The van der Waals surface area contributed by atoms with E-state index in [2.05, 4.69) is 4.40 Å². The van der Waals surface area contributed by atoms with Gasteiger partial charge >= 0.3 is 0 Å². The minimum absolute atomic E-state index is 1.27. The molecular formula is C3H5NO2S. The lowest BCUT2D eigenvalue weighted by Gasteiger charge is -2.16. The summed E-state index contributed by atoms with van der Waals surface area (Å²) in [5.41, 5.74) is 0. The minimum Gasteiger partial charge on any atom is -0.277 e. The molecule has 1 aliphatic rings. The van der Waals surface area contributed by atoms with Crippen LogP contribution in [-0.4, -0.2) is 15.3 Å². The Morgan fingerprint density at radius 3 is 2.29 bits per heavy atom. The molecule has 40 valence electrons. The molecule has 0 atom stereocenters. The average Bonchev–Trinajstić information content (AvgIpc) is 1.84. The quantitative estimate of drug-likeness (QED) is 0.504. The third-order valence-electron chi connectivity index (χ3n) is 0.563. The first-order valence-corrected chi connectivity index (χ1v) is 3.28. The van der Waals surface area contributed by atoms with E-state index in [1.165, 1.54) is 17.7 Å². The Morgan fingerprint density at radius 1 is 1.43 bits per heavy atom. The van der Waals surface area contributed by atoms with E-state index in [4.69, 9.17) is 9.11 Å². The third-order valence-corrected chi connectivity index (χ3v) is 1.52. The van der Waals surface area contributed by atoms with Crippen LogP contribution in [0.2, 0.25) is 0 Å². The van der Waals surface area contributed by atoms with Crippen molar-refractivity contribution < 1.29 is 9.11 Å². The highest BCUT2D eigenvalue weighted by molar-refractivity contribution is 8.26. The molecule has 1 aliphatic heterocycles. The van der Waals surface area contributed by atoms with E-state index < -0.39 is 10.8 Å². The molecule has 0 spiro atoms. The van der Waals surface area contributed by atoms with E-state index in [1.54, 1.807) is 0 Å². The summed E-state index contributed by atoms with van der Waals surface area (Å²) in [7, 11) is -2.66. The lowest BCUT2D eigenvalue weighted by Crippen LogP contribution is -1.80. The molecule has 2 N–H and O–H groups in total. The molecule has 3 nitrogen and oxygen atoms in total. The molecule has 1 heterocycles. The van der Waals surface area contributed by atoms with Crippen molar-refractivity contribution in [2.45, 2.75) is 0 Å². The van der Waals surface area contributed by atoms with Crippen LogP contribution in [0.4, 0.5) is 0 Å². The van der Waals surface area contributed by atoms with Gasteiger partial charge in [0.1, 0.15) is 0 Å². The van der Waals surface area contributed by atoms with Crippen molar-refractivity contribution in [2.75, 3.05) is 0 Å². The summed E-state index contributed by atoms with van der Waals surface area (Å²) in [6.45, 7) is 0. The summed E-state index contributed by atoms with van der Waals surface area (Å²) in [5.74, 6) is 0. The summed E-state index contributed by atoms with van der Waals surface area (Å²) in [4.78, 5) is 0. The fourth-order valence-corrected chi connectivity index (χ4v) is 0.901. The fourth-order valence-electron chi connectivity index (χ4n) is 0.300. The molecule has 0 aromatic heterocycles. The molecule has 0 aromatic carbocycles. The SMILES string of the molecule is OS1(O)C=CC=N1. The standard InChI is InChI=1S/C3H5NO2S/c5-7(6)3-1-2-4-7/h1-3,5-6H. The van der Waals surface area contributed by atoms with Crippen LogP contribution < -0.4 is 0 Å². The predicted molar refractivity (Wildman–Crippen MR) is 30.5 cm³/mol. The Hall–Kier alpha value is -0.320. The van der Waals surface area contributed by atoms with E-state index in [0.29, 0.717) is 0 Å². The lowest BCUT2D eigenvalue weighted by atomic mass is 10.7. The molecule has 0 aliphatic carbocycles. The maximum absolute atomic E-state index is 8.55. The molecule has 4 heteroatoms. The second-order valence-electron chi connectivity index (χ2n) is 1.14. The lowest BCUT2D eigenvalue weighted by molar-refractivity contribution is 0.503. The number of nitrogens with zero attached hydrogens (tertiary/aromatic N) is 1. The molecule has 0 saturated carbocycles. The minimum atomic E-state index is -2.66. The largest absolute Gasteiger partial charge is 0.277 e. The Bertz CT molecular complexity index is 115. The van der Waals surface area contributed by atoms with E-state index in [9.17, 15) is 0 Å². The Labute approximate surface area is 42.9 Å². The van der Waals surface area contributed by atoms with Gasteiger partial charge in [0.25, 0.3) is 0 Å². The highest BCUT2D eigenvalue weighted by Gasteiger charge is 2.04.